The van der Waals surface area contributed by atoms with Gasteiger partial charge in [-0.1, -0.05) is 6.07 Å². The molecule has 1 rings (SSSR count). The van der Waals surface area contributed by atoms with Crippen molar-refractivity contribution in [2.24, 2.45) is 0 Å². The third-order valence-electron chi connectivity index (χ3n) is 1.86. The highest BCUT2D eigenvalue weighted by Crippen LogP contribution is 2.16. The first-order valence-electron chi connectivity index (χ1n) is 3.96. The van der Waals surface area contributed by atoms with Gasteiger partial charge in [0.05, 0.1) is 0 Å². The highest BCUT2D eigenvalue weighted by Gasteiger charge is 1.98. The van der Waals surface area contributed by atoms with Gasteiger partial charge in [0.1, 0.15) is 12.0 Å². The Morgan fingerprint density at radius 3 is 2.92 bits per heavy atom. The van der Waals surface area contributed by atoms with Gasteiger partial charge < -0.3 is 9.90 Å². The zero-order valence-electron chi connectivity index (χ0n) is 7.08. The summed E-state index contributed by atoms with van der Waals surface area (Å²) in [5.41, 5.74) is 2.16. The molecule has 0 aliphatic carbocycles. The molecule has 0 aliphatic heterocycles. The summed E-state index contributed by atoms with van der Waals surface area (Å²) in [7, 11) is 0. The summed E-state index contributed by atoms with van der Waals surface area (Å²) in [5.74, 6) is 0.265. The quantitative estimate of drug-likeness (QED) is 0.692. The number of carbonyl (C=O) groups excluding carboxylic acids is 1. The summed E-state index contributed by atoms with van der Waals surface area (Å²) in [6.45, 7) is 1.97. The topological polar surface area (TPSA) is 37.3 Å². The second-order valence-corrected chi connectivity index (χ2v) is 2.82. The van der Waals surface area contributed by atoms with E-state index >= 15 is 0 Å². The van der Waals surface area contributed by atoms with E-state index in [1.54, 1.807) is 12.1 Å². The molecule has 0 amide bonds. The molecule has 64 valence electrons. The molecule has 0 spiro atoms. The fourth-order valence-electron chi connectivity index (χ4n) is 1.14. The molecule has 0 saturated carbocycles. The highest BCUT2D eigenvalue weighted by molar-refractivity contribution is 5.50. The van der Waals surface area contributed by atoms with Gasteiger partial charge in [0.25, 0.3) is 0 Å². The van der Waals surface area contributed by atoms with Crippen LogP contribution >= 0.6 is 0 Å². The number of phenols is 1. The lowest BCUT2D eigenvalue weighted by Crippen LogP contribution is -1.89. The van der Waals surface area contributed by atoms with E-state index in [1.165, 1.54) is 0 Å². The molecule has 1 aromatic rings. The van der Waals surface area contributed by atoms with Crippen molar-refractivity contribution in [3.63, 3.8) is 0 Å². The number of hydrogen-bond acceptors (Lipinski definition) is 2. The van der Waals surface area contributed by atoms with E-state index < -0.39 is 0 Å². The molecule has 2 nitrogen and oxygen atoms in total. The second-order valence-electron chi connectivity index (χ2n) is 2.82. The highest BCUT2D eigenvalue weighted by atomic mass is 16.3. The van der Waals surface area contributed by atoms with Crippen molar-refractivity contribution >= 4 is 6.29 Å². The molecule has 12 heavy (non-hydrogen) atoms. The van der Waals surface area contributed by atoms with Gasteiger partial charge in [0, 0.05) is 6.42 Å². The van der Waals surface area contributed by atoms with Crippen molar-refractivity contribution in [1.82, 2.24) is 0 Å². The minimum atomic E-state index is 0.265. The Labute approximate surface area is 71.8 Å². The molecule has 0 aromatic heterocycles. The Bertz CT molecular complexity index is 279. The fourth-order valence-corrected chi connectivity index (χ4v) is 1.14. The standard InChI is InChI=1S/C10H12O2/c1-8-4-5-10(12)7-9(8)3-2-6-11/h4-7,12H,2-3H2,1H3. The van der Waals surface area contributed by atoms with Gasteiger partial charge in [-0.25, -0.2) is 0 Å². The first-order chi connectivity index (χ1) is 5.74. The molecule has 0 saturated heterocycles. The number of carbonyl (C=O) groups is 1. The van der Waals surface area contributed by atoms with Crippen LogP contribution in [0.1, 0.15) is 17.5 Å². The average molecular weight is 164 g/mol. The SMILES string of the molecule is Cc1ccc(O)cc1CCC=O. The molecule has 0 radical (unpaired) electrons. The zero-order chi connectivity index (χ0) is 8.97. The van der Waals surface area contributed by atoms with Crippen LogP contribution in [0, 0.1) is 6.92 Å². The van der Waals surface area contributed by atoms with Gasteiger partial charge in [-0.15, -0.1) is 0 Å². The van der Waals surface area contributed by atoms with Gasteiger partial charge in [0.15, 0.2) is 0 Å². The van der Waals surface area contributed by atoms with Gasteiger partial charge in [-0.3, -0.25) is 0 Å². The second kappa shape index (κ2) is 3.90. The molecule has 0 bridgehead atoms. The molecular weight excluding hydrogens is 152 g/mol. The summed E-state index contributed by atoms with van der Waals surface area (Å²) in [5, 5.41) is 9.15. The van der Waals surface area contributed by atoms with E-state index in [-0.39, 0.29) is 5.75 Å². The number of aryl methyl sites for hydroxylation is 2. The van der Waals surface area contributed by atoms with Crippen LogP contribution in [0.5, 0.6) is 5.75 Å². The van der Waals surface area contributed by atoms with Gasteiger partial charge in [0.2, 0.25) is 0 Å². The molecule has 0 fully saturated rings. The smallest absolute Gasteiger partial charge is 0.120 e. The van der Waals surface area contributed by atoms with Gasteiger partial charge >= 0.3 is 0 Å². The van der Waals surface area contributed by atoms with Gasteiger partial charge in [-0.05, 0) is 36.6 Å². The molecule has 0 atom stereocenters. The van der Waals surface area contributed by atoms with Crippen LogP contribution in [0.25, 0.3) is 0 Å². The van der Waals surface area contributed by atoms with Crippen LogP contribution in [0.2, 0.25) is 0 Å². The Kier molecular flexibility index (Phi) is 2.86. The number of aromatic hydroxyl groups is 1. The van der Waals surface area contributed by atoms with E-state index in [0.717, 1.165) is 17.4 Å². The third kappa shape index (κ3) is 2.09. The van der Waals surface area contributed by atoms with E-state index in [9.17, 15) is 4.79 Å². The Balaban J connectivity index is 2.82. The van der Waals surface area contributed by atoms with Crippen LogP contribution in [-0.2, 0) is 11.2 Å². The zero-order valence-corrected chi connectivity index (χ0v) is 7.08. The lowest BCUT2D eigenvalue weighted by atomic mass is 10.0. The molecule has 1 N–H and O–H groups in total. The first-order valence-corrected chi connectivity index (χ1v) is 3.96. The lowest BCUT2D eigenvalue weighted by molar-refractivity contribution is -0.107. The van der Waals surface area contributed by atoms with E-state index in [4.69, 9.17) is 5.11 Å². The van der Waals surface area contributed by atoms with Crippen LogP contribution in [0.15, 0.2) is 18.2 Å². The fraction of sp³-hybridized carbons (Fsp3) is 0.300. The predicted octanol–water partition coefficient (Wildman–Crippen LogP) is 1.83. The monoisotopic (exact) mass is 164 g/mol. The van der Waals surface area contributed by atoms with Crippen molar-refractivity contribution < 1.29 is 9.90 Å². The van der Waals surface area contributed by atoms with Crippen LogP contribution in [0.3, 0.4) is 0 Å². The van der Waals surface area contributed by atoms with Crippen molar-refractivity contribution in [3.05, 3.63) is 29.3 Å². The van der Waals surface area contributed by atoms with Crippen molar-refractivity contribution in [1.29, 1.82) is 0 Å². The lowest BCUT2D eigenvalue weighted by Gasteiger charge is -2.03. The molecule has 0 unspecified atom stereocenters. The summed E-state index contributed by atoms with van der Waals surface area (Å²) < 4.78 is 0. The maximum Gasteiger partial charge on any atom is 0.120 e. The summed E-state index contributed by atoms with van der Waals surface area (Å²) in [4.78, 5) is 10.1. The number of aldehydes is 1. The number of rotatable bonds is 3. The van der Waals surface area contributed by atoms with Crippen molar-refractivity contribution in [2.75, 3.05) is 0 Å². The number of benzene rings is 1. The first kappa shape index (κ1) is 8.78. The number of hydrogen-bond donors (Lipinski definition) is 1. The molecule has 0 heterocycles. The van der Waals surface area contributed by atoms with Crippen LogP contribution < -0.4 is 0 Å². The normalized spacial score (nSPS) is 9.75. The largest absolute Gasteiger partial charge is 0.508 e. The summed E-state index contributed by atoms with van der Waals surface area (Å²) in [6, 6.07) is 5.22. The predicted molar refractivity (Wildman–Crippen MR) is 47.2 cm³/mol. The van der Waals surface area contributed by atoms with Crippen LogP contribution in [0.4, 0.5) is 0 Å². The summed E-state index contributed by atoms with van der Waals surface area (Å²) >= 11 is 0. The third-order valence-corrected chi connectivity index (χ3v) is 1.86. The van der Waals surface area contributed by atoms with E-state index in [0.29, 0.717) is 12.8 Å². The molecular formula is C10H12O2. The Morgan fingerprint density at radius 1 is 1.50 bits per heavy atom. The van der Waals surface area contributed by atoms with E-state index in [1.807, 2.05) is 13.0 Å². The Morgan fingerprint density at radius 2 is 2.25 bits per heavy atom. The average Bonchev–Trinajstić information content (AvgIpc) is 2.07. The maximum atomic E-state index is 10.1. The van der Waals surface area contributed by atoms with Gasteiger partial charge in [-0.2, -0.15) is 0 Å². The Hall–Kier alpha value is -1.31. The minimum absolute atomic E-state index is 0.265. The van der Waals surface area contributed by atoms with Crippen molar-refractivity contribution in [3.8, 4) is 5.75 Å². The molecule has 2 heteroatoms. The maximum absolute atomic E-state index is 10.1. The van der Waals surface area contributed by atoms with Crippen molar-refractivity contribution in [2.45, 2.75) is 19.8 Å². The molecule has 1 aromatic carbocycles. The van der Waals surface area contributed by atoms with E-state index in [2.05, 4.69) is 0 Å². The minimum Gasteiger partial charge on any atom is -0.508 e. The number of phenolic OH excluding ortho intramolecular Hbond substituents is 1. The van der Waals surface area contributed by atoms with Crippen LogP contribution in [-0.4, -0.2) is 11.4 Å². The summed E-state index contributed by atoms with van der Waals surface area (Å²) in [6.07, 6.45) is 2.12. The molecule has 0 aliphatic rings.